The van der Waals surface area contributed by atoms with Crippen molar-refractivity contribution in [2.45, 2.75) is 58.1 Å². The molecule has 3 heterocycles. The molecule has 44 heavy (non-hydrogen) atoms. The van der Waals surface area contributed by atoms with Gasteiger partial charge in [-0.1, -0.05) is 24.3 Å². The summed E-state index contributed by atoms with van der Waals surface area (Å²) in [7, 11) is 0. The summed E-state index contributed by atoms with van der Waals surface area (Å²) in [5, 5.41) is 45.3. The molecular weight excluding hydrogens is 568 g/mol. The van der Waals surface area contributed by atoms with Crippen LogP contribution in [0, 0.1) is 5.92 Å². The topological polar surface area (TPSA) is 185 Å². The van der Waals surface area contributed by atoms with Crippen LogP contribution in [0.1, 0.15) is 38.5 Å². The summed E-state index contributed by atoms with van der Waals surface area (Å²) in [6, 6.07) is 7.30. The predicted molar refractivity (Wildman–Crippen MR) is 163 cm³/mol. The van der Waals surface area contributed by atoms with Crippen molar-refractivity contribution in [3.8, 4) is 28.4 Å². The Morgan fingerprint density at radius 1 is 1.27 bits per heavy atom. The van der Waals surface area contributed by atoms with E-state index in [9.17, 15) is 30.0 Å². The quantitative estimate of drug-likeness (QED) is 0.164. The fourth-order valence-electron chi connectivity index (χ4n) is 5.67. The van der Waals surface area contributed by atoms with Crippen molar-refractivity contribution in [2.75, 3.05) is 6.61 Å². The lowest BCUT2D eigenvalue weighted by molar-refractivity contribution is -0.166. The Balaban J connectivity index is 1.77. The largest absolute Gasteiger partial charge is 0.508 e. The number of benzene rings is 2. The molecule has 0 bridgehead atoms. The van der Waals surface area contributed by atoms with Gasteiger partial charge in [0.1, 0.15) is 46.7 Å². The Labute approximate surface area is 253 Å². The standard InChI is InChI=1S/C33H36N2O9/c1-4-17(2)32(41)43-25-13-23-29(40)28-24(39)12-22(16-37)42-31(28)27(19-6-5-7-21(38)11-19)30(23)44-33(25,3)20(15-36)10-18-8-9-26(34)35-14-18/h4-9,11-12,14,20,25-26,35-38,40H,10,13,15-16,34H2,1-3H3. The average molecular weight is 605 g/mol. The number of aliphatic hydroxyl groups excluding tert-OH is 2. The molecule has 7 N–H and O–H groups in total. The molecule has 0 aliphatic carbocycles. The first-order valence-electron chi connectivity index (χ1n) is 14.3. The van der Waals surface area contributed by atoms with Crippen molar-refractivity contribution in [3.05, 3.63) is 87.5 Å². The van der Waals surface area contributed by atoms with Gasteiger partial charge < -0.3 is 45.4 Å². The molecule has 0 radical (unpaired) electrons. The fourth-order valence-corrected chi connectivity index (χ4v) is 5.67. The van der Waals surface area contributed by atoms with Crippen LogP contribution in [0.25, 0.3) is 22.1 Å². The number of phenols is 2. The molecule has 1 aromatic heterocycles. The van der Waals surface area contributed by atoms with Crippen LogP contribution < -0.4 is 21.2 Å². The minimum atomic E-state index is -1.37. The molecule has 2 aliphatic rings. The van der Waals surface area contributed by atoms with Crippen molar-refractivity contribution in [1.82, 2.24) is 5.32 Å². The molecule has 4 atom stereocenters. The number of esters is 1. The first-order chi connectivity index (χ1) is 21.0. The number of hydrogen-bond donors (Lipinski definition) is 6. The third-order valence-corrected chi connectivity index (χ3v) is 8.39. The maximum Gasteiger partial charge on any atom is 0.333 e. The number of nitrogens with two attached hydrogens (primary N) is 1. The second-order valence-electron chi connectivity index (χ2n) is 11.2. The number of carbonyl (C=O) groups is 1. The number of fused-ring (bicyclic) bond motifs is 2. The number of phenolic OH excluding ortho intramolecular Hbond substituents is 2. The molecule has 0 fully saturated rings. The van der Waals surface area contributed by atoms with Crippen LogP contribution in [-0.4, -0.2) is 50.9 Å². The van der Waals surface area contributed by atoms with Crippen LogP contribution in [0.4, 0.5) is 0 Å². The second kappa shape index (κ2) is 12.2. The average Bonchev–Trinajstić information content (AvgIpc) is 3.00. The predicted octanol–water partition coefficient (Wildman–Crippen LogP) is 3.26. The zero-order valence-corrected chi connectivity index (χ0v) is 24.7. The molecule has 0 saturated heterocycles. The van der Waals surface area contributed by atoms with Crippen LogP contribution >= 0.6 is 0 Å². The Morgan fingerprint density at radius 3 is 2.68 bits per heavy atom. The van der Waals surface area contributed by atoms with E-state index in [-0.39, 0.29) is 58.5 Å². The summed E-state index contributed by atoms with van der Waals surface area (Å²) in [6.07, 6.45) is 5.86. The van der Waals surface area contributed by atoms with Gasteiger partial charge in [-0.2, -0.15) is 0 Å². The fraction of sp³-hybridized carbons (Fsp3) is 0.333. The third-order valence-electron chi connectivity index (χ3n) is 8.39. The molecule has 0 spiro atoms. The molecule has 2 aromatic carbocycles. The molecule has 5 rings (SSSR count). The number of nitrogens with one attached hydrogen (secondary N) is 1. The van der Waals surface area contributed by atoms with E-state index in [1.54, 1.807) is 51.3 Å². The van der Waals surface area contributed by atoms with Crippen molar-refractivity contribution >= 4 is 16.9 Å². The van der Waals surface area contributed by atoms with Gasteiger partial charge in [-0.25, -0.2) is 4.79 Å². The van der Waals surface area contributed by atoms with Gasteiger partial charge in [0.15, 0.2) is 11.0 Å². The Hall–Kier alpha value is -4.58. The highest BCUT2D eigenvalue weighted by Crippen LogP contribution is 2.52. The maximum atomic E-state index is 13.3. The van der Waals surface area contributed by atoms with E-state index in [1.807, 2.05) is 6.08 Å². The molecule has 2 aliphatic heterocycles. The zero-order valence-electron chi connectivity index (χ0n) is 24.7. The lowest BCUT2D eigenvalue weighted by atomic mass is 9.75. The number of rotatable bonds is 8. The highest BCUT2D eigenvalue weighted by molar-refractivity contribution is 6.01. The minimum absolute atomic E-state index is 0.0366. The highest BCUT2D eigenvalue weighted by atomic mass is 16.6. The number of dihydropyridines is 1. The van der Waals surface area contributed by atoms with Crippen LogP contribution in [0.15, 0.2) is 75.1 Å². The molecule has 0 saturated carbocycles. The SMILES string of the molecule is CC=C(C)C(=O)OC1Cc2c(c(-c3cccc(O)c3)c3oc(CO)cc(=O)c3c2O)OC1(C)C(CO)CC1=CNC(N)C=C1. The zero-order chi connectivity index (χ0) is 31.8. The number of carbonyl (C=O) groups excluding carboxylic acids is 1. The third kappa shape index (κ3) is 5.57. The molecule has 232 valence electrons. The van der Waals surface area contributed by atoms with Gasteiger partial charge in [0.25, 0.3) is 0 Å². The molecule has 11 heteroatoms. The van der Waals surface area contributed by atoms with E-state index < -0.39 is 41.4 Å². The normalized spacial score (nSPS) is 22.0. The maximum absolute atomic E-state index is 13.3. The number of hydrogen-bond acceptors (Lipinski definition) is 11. The van der Waals surface area contributed by atoms with Crippen molar-refractivity contribution in [3.63, 3.8) is 0 Å². The van der Waals surface area contributed by atoms with Crippen LogP contribution in [-0.2, 0) is 22.6 Å². The van der Waals surface area contributed by atoms with Gasteiger partial charge in [-0.15, -0.1) is 0 Å². The summed E-state index contributed by atoms with van der Waals surface area (Å²) < 4.78 is 18.7. The summed E-state index contributed by atoms with van der Waals surface area (Å²) in [4.78, 5) is 26.3. The molecule has 4 unspecified atom stereocenters. The van der Waals surface area contributed by atoms with E-state index in [0.717, 1.165) is 11.6 Å². The lowest BCUT2D eigenvalue weighted by Crippen LogP contribution is -2.57. The van der Waals surface area contributed by atoms with Gasteiger partial charge in [0.2, 0.25) is 0 Å². The smallest absolute Gasteiger partial charge is 0.333 e. The molecule has 11 nitrogen and oxygen atoms in total. The molecule has 0 amide bonds. The van der Waals surface area contributed by atoms with E-state index >= 15 is 0 Å². The van der Waals surface area contributed by atoms with Crippen molar-refractivity contribution in [2.24, 2.45) is 11.7 Å². The highest BCUT2D eigenvalue weighted by Gasteiger charge is 2.51. The van der Waals surface area contributed by atoms with Gasteiger partial charge in [0, 0.05) is 35.7 Å². The van der Waals surface area contributed by atoms with E-state index in [1.165, 1.54) is 12.1 Å². The number of ether oxygens (including phenoxy) is 2. The van der Waals surface area contributed by atoms with Gasteiger partial charge in [-0.05, 0) is 56.5 Å². The number of aliphatic hydroxyl groups is 2. The summed E-state index contributed by atoms with van der Waals surface area (Å²) in [5.74, 6) is -1.64. The van der Waals surface area contributed by atoms with Crippen molar-refractivity contribution < 1.29 is 39.1 Å². The number of allylic oxidation sites excluding steroid dienone is 3. The van der Waals surface area contributed by atoms with Gasteiger partial charge >= 0.3 is 5.97 Å². The van der Waals surface area contributed by atoms with E-state index in [2.05, 4.69) is 5.32 Å². The minimum Gasteiger partial charge on any atom is -0.508 e. The monoisotopic (exact) mass is 604 g/mol. The Morgan fingerprint density at radius 2 is 2.05 bits per heavy atom. The second-order valence-corrected chi connectivity index (χ2v) is 11.2. The summed E-state index contributed by atoms with van der Waals surface area (Å²) in [6.45, 7) is 4.11. The molecular formula is C33H36N2O9. The van der Waals surface area contributed by atoms with E-state index in [0.29, 0.717) is 17.6 Å². The summed E-state index contributed by atoms with van der Waals surface area (Å²) in [5.41, 5.74) is 5.90. The Bertz CT molecular complexity index is 1760. The van der Waals surface area contributed by atoms with Gasteiger partial charge in [0.05, 0.1) is 18.3 Å². The van der Waals surface area contributed by atoms with Gasteiger partial charge in [-0.3, -0.25) is 4.79 Å². The van der Waals surface area contributed by atoms with Crippen LogP contribution in [0.3, 0.4) is 0 Å². The van der Waals surface area contributed by atoms with E-state index in [4.69, 9.17) is 19.6 Å². The lowest BCUT2D eigenvalue weighted by Gasteiger charge is -2.46. The summed E-state index contributed by atoms with van der Waals surface area (Å²) >= 11 is 0. The first-order valence-corrected chi connectivity index (χ1v) is 14.3. The number of aromatic hydroxyl groups is 2. The van der Waals surface area contributed by atoms with Crippen LogP contribution in [0.2, 0.25) is 0 Å². The first kappa shape index (κ1) is 30.9. The Kier molecular flexibility index (Phi) is 8.55. The van der Waals surface area contributed by atoms with Crippen molar-refractivity contribution in [1.29, 1.82) is 0 Å². The van der Waals surface area contributed by atoms with Crippen LogP contribution in [0.5, 0.6) is 17.2 Å². The molecule has 3 aromatic rings.